The number of amides is 1. The second kappa shape index (κ2) is 47.1. The molecule has 3 atom stereocenters. The number of carbonyl (C=O) groups is 2. The summed E-state index contributed by atoms with van der Waals surface area (Å²) < 4.78 is 5.81. The van der Waals surface area contributed by atoms with Gasteiger partial charge in [-0.3, -0.25) is 9.59 Å². The van der Waals surface area contributed by atoms with E-state index in [1.807, 2.05) is 36.5 Å². The Balaban J connectivity index is 4.69. The molecular formula is C54H93NO5. The highest BCUT2D eigenvalue weighted by Gasteiger charge is 2.23. The average Bonchev–Trinajstić information content (AvgIpc) is 3.24. The molecule has 0 heterocycles. The summed E-state index contributed by atoms with van der Waals surface area (Å²) in [5.74, 6) is -0.637. The predicted molar refractivity (Wildman–Crippen MR) is 259 cm³/mol. The zero-order chi connectivity index (χ0) is 43.8. The van der Waals surface area contributed by atoms with Crippen LogP contribution in [0.3, 0.4) is 0 Å². The average molecular weight is 836 g/mol. The minimum Gasteiger partial charge on any atom is -0.458 e. The topological polar surface area (TPSA) is 95.9 Å². The summed E-state index contributed by atoms with van der Waals surface area (Å²) in [5.41, 5.74) is 0. The number of nitrogens with one attached hydrogen (secondary N) is 1. The third kappa shape index (κ3) is 41.8. The summed E-state index contributed by atoms with van der Waals surface area (Å²) in [6, 6.07) is -0.741. The van der Waals surface area contributed by atoms with E-state index in [4.69, 9.17) is 4.74 Å². The second-order valence-corrected chi connectivity index (χ2v) is 16.6. The lowest BCUT2D eigenvalue weighted by molar-refractivity contribution is -0.148. The Hall–Kier alpha value is -2.96. The molecule has 344 valence electrons. The molecule has 0 aliphatic rings. The predicted octanol–water partition coefficient (Wildman–Crippen LogP) is 14.8. The smallest absolute Gasteiger partial charge is 0.306 e. The molecule has 3 unspecified atom stereocenters. The summed E-state index contributed by atoms with van der Waals surface area (Å²) in [4.78, 5) is 26.0. The maximum atomic E-state index is 13.1. The van der Waals surface area contributed by atoms with Gasteiger partial charge in [0, 0.05) is 6.42 Å². The van der Waals surface area contributed by atoms with Crippen molar-refractivity contribution in [1.82, 2.24) is 5.32 Å². The molecule has 0 aliphatic heterocycles. The van der Waals surface area contributed by atoms with Crippen molar-refractivity contribution < 1.29 is 24.5 Å². The van der Waals surface area contributed by atoms with Crippen LogP contribution < -0.4 is 5.32 Å². The lowest BCUT2D eigenvalue weighted by Crippen LogP contribution is -2.46. The lowest BCUT2D eigenvalue weighted by atomic mass is 10.0. The van der Waals surface area contributed by atoms with Crippen molar-refractivity contribution >= 4 is 11.9 Å². The molecule has 0 aliphatic carbocycles. The molecule has 0 saturated heterocycles. The van der Waals surface area contributed by atoms with Crippen LogP contribution in [-0.2, 0) is 14.3 Å². The van der Waals surface area contributed by atoms with Crippen molar-refractivity contribution in [3.63, 3.8) is 0 Å². The second-order valence-electron chi connectivity index (χ2n) is 16.6. The minimum absolute atomic E-state index is 0.0434. The highest BCUT2D eigenvalue weighted by molar-refractivity contribution is 5.78. The third-order valence-corrected chi connectivity index (χ3v) is 10.8. The fraction of sp³-hybridized carbons (Fsp3) is 0.704. The highest BCUT2D eigenvalue weighted by Crippen LogP contribution is 2.15. The van der Waals surface area contributed by atoms with Crippen molar-refractivity contribution in [2.45, 2.75) is 238 Å². The fourth-order valence-electron chi connectivity index (χ4n) is 7.01. The van der Waals surface area contributed by atoms with Gasteiger partial charge < -0.3 is 20.3 Å². The van der Waals surface area contributed by atoms with Crippen LogP contribution in [0.2, 0.25) is 0 Å². The summed E-state index contributed by atoms with van der Waals surface area (Å²) in [5, 5.41) is 23.6. The van der Waals surface area contributed by atoms with Gasteiger partial charge in [-0.15, -0.1) is 0 Å². The Kier molecular flexibility index (Phi) is 44.8. The molecule has 1 amide bonds. The largest absolute Gasteiger partial charge is 0.458 e. The Morgan fingerprint density at radius 2 is 0.983 bits per heavy atom. The third-order valence-electron chi connectivity index (χ3n) is 10.8. The van der Waals surface area contributed by atoms with Crippen LogP contribution >= 0.6 is 0 Å². The van der Waals surface area contributed by atoms with E-state index in [9.17, 15) is 19.8 Å². The summed E-state index contributed by atoms with van der Waals surface area (Å²) >= 11 is 0. The number of rotatable bonds is 43. The first-order valence-electron chi connectivity index (χ1n) is 24.9. The quantitative estimate of drug-likeness (QED) is 0.0246. The van der Waals surface area contributed by atoms with Crippen LogP contribution in [0.25, 0.3) is 0 Å². The Labute approximate surface area is 370 Å². The monoisotopic (exact) mass is 836 g/mol. The van der Waals surface area contributed by atoms with Crippen LogP contribution in [0.1, 0.15) is 220 Å². The molecule has 0 aromatic carbocycles. The van der Waals surface area contributed by atoms with Crippen molar-refractivity contribution in [2.24, 2.45) is 0 Å². The molecule has 6 nitrogen and oxygen atoms in total. The van der Waals surface area contributed by atoms with Gasteiger partial charge in [0.05, 0.1) is 25.2 Å². The molecule has 0 saturated carbocycles. The zero-order valence-electron chi connectivity index (χ0n) is 39.1. The highest BCUT2D eigenvalue weighted by atomic mass is 16.5. The van der Waals surface area contributed by atoms with Gasteiger partial charge in [0.25, 0.3) is 0 Å². The van der Waals surface area contributed by atoms with Crippen molar-refractivity contribution in [3.8, 4) is 0 Å². The molecule has 0 aromatic heterocycles. The SMILES string of the molecule is CCC/C=C/C=C/C=C/C=C/C=C/CCCCCCCC(=O)OC(/C=C/C/C=C\CCCCCCCC)CC(=O)NC(CO)C(O)CCCCCCCCCCCCCC. The van der Waals surface area contributed by atoms with E-state index in [0.29, 0.717) is 19.3 Å². The van der Waals surface area contributed by atoms with Gasteiger partial charge in [-0.1, -0.05) is 235 Å². The van der Waals surface area contributed by atoms with Crippen molar-refractivity contribution in [3.05, 3.63) is 85.1 Å². The molecule has 0 fully saturated rings. The molecule has 3 N–H and O–H groups in total. The van der Waals surface area contributed by atoms with E-state index in [0.717, 1.165) is 70.6 Å². The molecule has 0 bridgehead atoms. The van der Waals surface area contributed by atoms with E-state index in [2.05, 4.69) is 74.7 Å². The summed E-state index contributed by atoms with van der Waals surface area (Å²) in [6.45, 7) is 6.33. The first kappa shape index (κ1) is 57.0. The fourth-order valence-corrected chi connectivity index (χ4v) is 7.01. The number of aliphatic hydroxyl groups excluding tert-OH is 2. The van der Waals surface area contributed by atoms with E-state index < -0.39 is 18.2 Å². The first-order valence-corrected chi connectivity index (χ1v) is 24.9. The number of esters is 1. The number of ether oxygens (including phenoxy) is 1. The van der Waals surface area contributed by atoms with Gasteiger partial charge in [-0.25, -0.2) is 0 Å². The number of hydrogen-bond acceptors (Lipinski definition) is 5. The Morgan fingerprint density at radius 1 is 0.517 bits per heavy atom. The van der Waals surface area contributed by atoms with Gasteiger partial charge in [-0.05, 0) is 57.4 Å². The molecule has 0 rings (SSSR count). The van der Waals surface area contributed by atoms with E-state index >= 15 is 0 Å². The summed E-state index contributed by atoms with van der Waals surface area (Å²) in [7, 11) is 0. The van der Waals surface area contributed by atoms with E-state index in [1.54, 1.807) is 0 Å². The number of hydrogen-bond donors (Lipinski definition) is 3. The van der Waals surface area contributed by atoms with Gasteiger partial charge >= 0.3 is 5.97 Å². The number of aliphatic hydroxyl groups is 2. The maximum absolute atomic E-state index is 13.1. The van der Waals surface area contributed by atoms with Crippen LogP contribution in [0.4, 0.5) is 0 Å². The van der Waals surface area contributed by atoms with Gasteiger partial charge in [0.1, 0.15) is 6.10 Å². The van der Waals surface area contributed by atoms with E-state index in [-0.39, 0.29) is 24.9 Å². The maximum Gasteiger partial charge on any atom is 0.306 e. The van der Waals surface area contributed by atoms with Crippen molar-refractivity contribution in [1.29, 1.82) is 0 Å². The number of allylic oxidation sites excluding steroid dienone is 13. The van der Waals surface area contributed by atoms with Gasteiger partial charge in [0.2, 0.25) is 5.91 Å². The number of unbranched alkanes of at least 4 members (excludes halogenated alkanes) is 23. The van der Waals surface area contributed by atoms with Crippen LogP contribution in [-0.4, -0.2) is 46.9 Å². The first-order chi connectivity index (χ1) is 29.5. The zero-order valence-corrected chi connectivity index (χ0v) is 39.1. The van der Waals surface area contributed by atoms with Gasteiger partial charge in [0.15, 0.2) is 0 Å². The Morgan fingerprint density at radius 3 is 1.52 bits per heavy atom. The van der Waals surface area contributed by atoms with Crippen LogP contribution in [0.15, 0.2) is 85.1 Å². The molecule has 0 spiro atoms. The van der Waals surface area contributed by atoms with Crippen LogP contribution in [0, 0.1) is 0 Å². The van der Waals surface area contributed by atoms with E-state index in [1.165, 1.54) is 103 Å². The van der Waals surface area contributed by atoms with Crippen molar-refractivity contribution in [2.75, 3.05) is 6.61 Å². The van der Waals surface area contributed by atoms with Gasteiger partial charge in [-0.2, -0.15) is 0 Å². The molecule has 0 radical (unpaired) electrons. The minimum atomic E-state index is -0.818. The summed E-state index contributed by atoms with van der Waals surface area (Å²) in [6.07, 6.45) is 60.9. The molecule has 6 heteroatoms. The molecule has 60 heavy (non-hydrogen) atoms. The normalized spacial score (nSPS) is 14.0. The molecular weight excluding hydrogens is 743 g/mol. The lowest BCUT2D eigenvalue weighted by Gasteiger charge is -2.23. The molecule has 0 aromatic rings. The number of carbonyl (C=O) groups excluding carboxylic acids is 2. The van der Waals surface area contributed by atoms with Crippen LogP contribution in [0.5, 0.6) is 0 Å². The Bertz CT molecular complexity index is 1160. The standard InChI is InChI=1S/C54H93NO5/c1-4-7-10-13-16-19-22-24-25-26-27-28-29-32-35-38-41-44-47-54(59)60-50(45-42-39-36-33-30-21-18-15-12-9-6-3)48-53(58)55-51(49-56)52(57)46-43-40-37-34-31-23-20-17-14-11-8-5-2/h10,13,16,19,22,24-28,33,36,42,45,50-52,56-57H,4-9,11-12,14-15,17-18,20-21,23,29-32,34-35,37-41,43-44,46-49H2,1-3H3,(H,55,58)/b13-10+,19-16+,24-22+,26-25+,28-27+,36-33-,45-42+.